The number of nitrogens with zero attached hydrogens (tertiary/aromatic N) is 1. The third kappa shape index (κ3) is 3.08. The first-order chi connectivity index (χ1) is 10.9. The molecule has 1 aromatic carbocycles. The van der Waals surface area contributed by atoms with Crippen LogP contribution in [0.25, 0.3) is 0 Å². The van der Waals surface area contributed by atoms with E-state index in [4.69, 9.17) is 16.3 Å². The zero-order valence-corrected chi connectivity index (χ0v) is 14.2. The van der Waals surface area contributed by atoms with Crippen molar-refractivity contribution >= 4 is 29.1 Å². The molecule has 1 unspecified atom stereocenters. The van der Waals surface area contributed by atoms with Gasteiger partial charge in [0.1, 0.15) is 6.54 Å². The number of nitrogens with one attached hydrogen (secondary N) is 1. The van der Waals surface area contributed by atoms with Crippen LogP contribution in [0.3, 0.4) is 0 Å². The molecule has 2 amide bonds. The highest BCUT2D eigenvalue weighted by molar-refractivity contribution is 6.31. The van der Waals surface area contributed by atoms with Gasteiger partial charge >= 0.3 is 0 Å². The second kappa shape index (κ2) is 6.13. The molecule has 3 rings (SSSR count). The zero-order chi connectivity index (χ0) is 16.6. The van der Waals surface area contributed by atoms with Gasteiger partial charge in [-0.15, -0.1) is 0 Å². The van der Waals surface area contributed by atoms with Gasteiger partial charge in [-0.2, -0.15) is 0 Å². The number of hydrogen-bond acceptors (Lipinski definition) is 3. The van der Waals surface area contributed by atoms with E-state index in [-0.39, 0.29) is 24.5 Å². The van der Waals surface area contributed by atoms with E-state index < -0.39 is 5.41 Å². The van der Waals surface area contributed by atoms with Crippen LogP contribution in [0.4, 0.5) is 5.69 Å². The van der Waals surface area contributed by atoms with Crippen molar-refractivity contribution < 1.29 is 14.3 Å². The van der Waals surface area contributed by atoms with E-state index in [0.29, 0.717) is 11.6 Å². The summed E-state index contributed by atoms with van der Waals surface area (Å²) in [5, 5.41) is 3.45. The molecule has 5 nitrogen and oxygen atoms in total. The predicted molar refractivity (Wildman–Crippen MR) is 88.8 cm³/mol. The topological polar surface area (TPSA) is 58.6 Å². The first kappa shape index (κ1) is 16.3. The summed E-state index contributed by atoms with van der Waals surface area (Å²) in [6.07, 6.45) is 2.10. The number of hydrogen-bond donors (Lipinski definition) is 1. The van der Waals surface area contributed by atoms with Gasteiger partial charge in [-0.1, -0.05) is 11.6 Å². The number of benzene rings is 1. The van der Waals surface area contributed by atoms with Gasteiger partial charge in [0.25, 0.3) is 0 Å². The molecule has 1 N–H and O–H groups in total. The summed E-state index contributed by atoms with van der Waals surface area (Å²) >= 11 is 6.05. The maximum atomic E-state index is 12.7. The molecular weight excluding hydrogens is 316 g/mol. The van der Waals surface area contributed by atoms with Crippen molar-refractivity contribution in [3.05, 3.63) is 28.8 Å². The Hall–Kier alpha value is -1.59. The molecule has 2 heterocycles. The van der Waals surface area contributed by atoms with Crippen LogP contribution in [0.5, 0.6) is 0 Å². The van der Waals surface area contributed by atoms with Crippen LogP contribution in [0.1, 0.15) is 32.3 Å². The van der Waals surface area contributed by atoms with E-state index >= 15 is 0 Å². The van der Waals surface area contributed by atoms with Gasteiger partial charge in [0.2, 0.25) is 11.8 Å². The highest BCUT2D eigenvalue weighted by Gasteiger charge is 2.44. The Kier molecular flexibility index (Phi) is 4.34. The quantitative estimate of drug-likeness (QED) is 0.917. The van der Waals surface area contributed by atoms with Crippen LogP contribution in [-0.4, -0.2) is 37.6 Å². The summed E-state index contributed by atoms with van der Waals surface area (Å²) in [6, 6.07) is 5.35. The Morgan fingerprint density at radius 1 is 1.48 bits per heavy atom. The number of carbonyl (C=O) groups is 2. The maximum Gasteiger partial charge on any atom is 0.240 e. The number of rotatable bonds is 4. The molecule has 0 saturated carbocycles. The lowest BCUT2D eigenvalue weighted by Gasteiger charge is -2.20. The van der Waals surface area contributed by atoms with E-state index in [1.807, 2.05) is 13.8 Å². The zero-order valence-electron chi connectivity index (χ0n) is 13.4. The van der Waals surface area contributed by atoms with E-state index in [9.17, 15) is 9.59 Å². The predicted octanol–water partition coefficient (Wildman–Crippen LogP) is 2.26. The highest BCUT2D eigenvalue weighted by Crippen LogP contribution is 2.42. The van der Waals surface area contributed by atoms with Crippen molar-refractivity contribution in [2.24, 2.45) is 0 Å². The van der Waals surface area contributed by atoms with Gasteiger partial charge in [-0.25, -0.2) is 0 Å². The number of carbonyl (C=O) groups excluding carboxylic acids is 2. The molecular formula is C17H21ClN2O3. The van der Waals surface area contributed by atoms with Crippen molar-refractivity contribution in [3.8, 4) is 0 Å². The van der Waals surface area contributed by atoms with Crippen molar-refractivity contribution in [1.29, 1.82) is 0 Å². The van der Waals surface area contributed by atoms with Crippen molar-refractivity contribution in [2.45, 2.75) is 38.2 Å². The van der Waals surface area contributed by atoms with E-state index in [1.165, 1.54) is 4.90 Å². The van der Waals surface area contributed by atoms with Crippen molar-refractivity contribution in [2.75, 3.05) is 24.6 Å². The van der Waals surface area contributed by atoms with Gasteiger partial charge in [-0.05, 0) is 50.5 Å². The highest BCUT2D eigenvalue weighted by atomic mass is 35.5. The van der Waals surface area contributed by atoms with Gasteiger partial charge in [0.15, 0.2) is 0 Å². The number of halogens is 1. The summed E-state index contributed by atoms with van der Waals surface area (Å²) in [4.78, 5) is 26.4. The number of anilines is 1. The molecule has 1 fully saturated rings. The van der Waals surface area contributed by atoms with Crippen molar-refractivity contribution in [1.82, 2.24) is 5.32 Å². The SMILES string of the molecule is CC1(C)C(=O)N(CC(=O)NCC2CCCO2)c2ccc(Cl)cc21. The summed E-state index contributed by atoms with van der Waals surface area (Å²) in [5.41, 5.74) is 0.952. The smallest absolute Gasteiger partial charge is 0.240 e. The van der Waals surface area contributed by atoms with E-state index in [0.717, 1.165) is 30.7 Å². The van der Waals surface area contributed by atoms with Crippen LogP contribution >= 0.6 is 11.6 Å². The van der Waals surface area contributed by atoms with Gasteiger partial charge in [0, 0.05) is 23.9 Å². The van der Waals surface area contributed by atoms with Gasteiger partial charge in [0.05, 0.1) is 11.5 Å². The molecule has 124 valence electrons. The Labute approximate surface area is 140 Å². The Morgan fingerprint density at radius 2 is 2.26 bits per heavy atom. The van der Waals surface area contributed by atoms with E-state index in [2.05, 4.69) is 5.32 Å². The summed E-state index contributed by atoms with van der Waals surface area (Å²) in [7, 11) is 0. The van der Waals surface area contributed by atoms with Crippen LogP contribution in [0.2, 0.25) is 5.02 Å². The number of amides is 2. The lowest BCUT2D eigenvalue weighted by atomic mass is 9.86. The minimum absolute atomic E-state index is 0.0175. The van der Waals surface area contributed by atoms with Crippen LogP contribution in [0.15, 0.2) is 18.2 Å². The molecule has 0 aliphatic carbocycles. The molecule has 23 heavy (non-hydrogen) atoms. The first-order valence-electron chi connectivity index (χ1n) is 7.90. The Bertz CT molecular complexity index is 639. The Morgan fingerprint density at radius 3 is 2.96 bits per heavy atom. The fourth-order valence-electron chi connectivity index (χ4n) is 3.20. The third-order valence-electron chi connectivity index (χ3n) is 4.56. The van der Waals surface area contributed by atoms with Crippen LogP contribution < -0.4 is 10.2 Å². The summed E-state index contributed by atoms with van der Waals surface area (Å²) in [5.74, 6) is -0.255. The molecule has 1 atom stereocenters. The normalized spacial score (nSPS) is 22.3. The monoisotopic (exact) mass is 336 g/mol. The molecule has 2 aliphatic heterocycles. The third-order valence-corrected chi connectivity index (χ3v) is 4.79. The fourth-order valence-corrected chi connectivity index (χ4v) is 3.37. The molecule has 0 bridgehead atoms. The summed E-state index contributed by atoms with van der Waals surface area (Å²) in [6.45, 7) is 4.98. The molecule has 0 aromatic heterocycles. The lowest BCUT2D eigenvalue weighted by Crippen LogP contribution is -2.44. The number of ether oxygens (including phenoxy) is 1. The van der Waals surface area contributed by atoms with Crippen LogP contribution in [0, 0.1) is 0 Å². The number of fused-ring (bicyclic) bond motifs is 1. The molecule has 1 saturated heterocycles. The first-order valence-corrected chi connectivity index (χ1v) is 8.27. The minimum Gasteiger partial charge on any atom is -0.376 e. The average Bonchev–Trinajstić information content (AvgIpc) is 3.08. The largest absolute Gasteiger partial charge is 0.376 e. The summed E-state index contributed by atoms with van der Waals surface area (Å²) < 4.78 is 5.49. The minimum atomic E-state index is -0.672. The second-order valence-corrected chi connectivity index (χ2v) is 7.05. The molecule has 1 aromatic rings. The lowest BCUT2D eigenvalue weighted by molar-refractivity contribution is -0.125. The maximum absolute atomic E-state index is 12.7. The Balaban J connectivity index is 1.70. The molecule has 2 aliphatic rings. The van der Waals surface area contributed by atoms with Gasteiger partial charge < -0.3 is 15.0 Å². The van der Waals surface area contributed by atoms with E-state index in [1.54, 1.807) is 18.2 Å². The fraction of sp³-hybridized carbons (Fsp3) is 0.529. The van der Waals surface area contributed by atoms with Gasteiger partial charge in [-0.3, -0.25) is 9.59 Å². The standard InChI is InChI=1S/C17H21ClN2O3/c1-17(2)13-8-11(18)5-6-14(13)20(16(17)22)10-15(21)19-9-12-4-3-7-23-12/h5-6,8,12H,3-4,7,9-10H2,1-2H3,(H,19,21). The van der Waals surface area contributed by atoms with Crippen molar-refractivity contribution in [3.63, 3.8) is 0 Å². The molecule has 6 heteroatoms. The second-order valence-electron chi connectivity index (χ2n) is 6.62. The molecule has 0 radical (unpaired) electrons. The van der Waals surface area contributed by atoms with Crippen LogP contribution in [-0.2, 0) is 19.7 Å². The average molecular weight is 337 g/mol. The molecule has 0 spiro atoms.